The summed E-state index contributed by atoms with van der Waals surface area (Å²) < 4.78 is 5.24. The summed E-state index contributed by atoms with van der Waals surface area (Å²) in [5.41, 5.74) is 1.23. The number of piperazine rings is 1. The molecule has 102 valence electrons. The van der Waals surface area contributed by atoms with Crippen LogP contribution in [-0.2, 0) is 4.79 Å². The summed E-state index contributed by atoms with van der Waals surface area (Å²) in [6.45, 7) is 3.53. The molecule has 4 heteroatoms. The van der Waals surface area contributed by atoms with Gasteiger partial charge >= 0.3 is 0 Å². The third-order valence-electron chi connectivity index (χ3n) is 4.06. The zero-order valence-corrected chi connectivity index (χ0v) is 11.3. The third-order valence-corrected chi connectivity index (χ3v) is 4.06. The Labute approximate surface area is 113 Å². The zero-order chi connectivity index (χ0) is 13.2. The molecule has 1 N–H and O–H groups in total. The lowest BCUT2D eigenvalue weighted by atomic mass is 10.1. The highest BCUT2D eigenvalue weighted by Gasteiger charge is 2.45. The van der Waals surface area contributed by atoms with Gasteiger partial charge in [0, 0.05) is 32.1 Å². The number of nitrogens with zero attached hydrogens (tertiary/aromatic N) is 1. The molecule has 1 aliphatic heterocycles. The maximum absolute atomic E-state index is 12.4. The van der Waals surface area contributed by atoms with Crippen LogP contribution in [0.3, 0.4) is 0 Å². The van der Waals surface area contributed by atoms with Gasteiger partial charge in [-0.1, -0.05) is 12.1 Å². The molecule has 1 aromatic rings. The summed E-state index contributed by atoms with van der Waals surface area (Å²) in [6.07, 6.45) is 0.982. The third kappa shape index (κ3) is 2.59. The predicted octanol–water partition coefficient (Wildman–Crippen LogP) is 1.23. The SMILES string of the molecule is COc1cccc([C@@H]2C[C@@H]2C(=O)N2CCNCC2)c1. The number of hydrogen-bond donors (Lipinski definition) is 1. The average molecular weight is 260 g/mol. The van der Waals surface area contributed by atoms with E-state index >= 15 is 0 Å². The molecule has 4 nitrogen and oxygen atoms in total. The lowest BCUT2D eigenvalue weighted by molar-refractivity contribution is -0.133. The number of amides is 1. The summed E-state index contributed by atoms with van der Waals surface area (Å²) in [5, 5.41) is 3.28. The Kier molecular flexibility index (Phi) is 3.42. The van der Waals surface area contributed by atoms with Crippen LogP contribution in [0.4, 0.5) is 0 Å². The van der Waals surface area contributed by atoms with Crippen LogP contribution in [0.2, 0.25) is 0 Å². The molecule has 0 unspecified atom stereocenters. The molecule has 19 heavy (non-hydrogen) atoms. The van der Waals surface area contributed by atoms with Gasteiger partial charge in [0.25, 0.3) is 0 Å². The molecule has 0 radical (unpaired) electrons. The van der Waals surface area contributed by atoms with Crippen LogP contribution in [0.1, 0.15) is 17.9 Å². The minimum atomic E-state index is 0.185. The lowest BCUT2D eigenvalue weighted by Crippen LogP contribution is -2.47. The maximum atomic E-state index is 12.4. The molecule has 0 bridgehead atoms. The number of hydrogen-bond acceptors (Lipinski definition) is 3. The van der Waals surface area contributed by atoms with Gasteiger partial charge in [-0.2, -0.15) is 0 Å². The second-order valence-corrected chi connectivity index (χ2v) is 5.30. The minimum absolute atomic E-state index is 0.185. The van der Waals surface area contributed by atoms with Gasteiger partial charge in [-0.3, -0.25) is 4.79 Å². The highest BCUT2D eigenvalue weighted by molar-refractivity contribution is 5.83. The second kappa shape index (κ2) is 5.21. The minimum Gasteiger partial charge on any atom is -0.497 e. The summed E-state index contributed by atoms with van der Waals surface area (Å²) in [7, 11) is 1.68. The van der Waals surface area contributed by atoms with Gasteiger partial charge in [0.15, 0.2) is 0 Å². The standard InChI is InChI=1S/C15H20N2O2/c1-19-12-4-2-3-11(9-12)13-10-14(13)15(18)17-7-5-16-6-8-17/h2-4,9,13-14,16H,5-8,10H2,1H3/t13-,14-/m0/s1. The normalized spacial score (nSPS) is 26.1. The largest absolute Gasteiger partial charge is 0.497 e. The fraction of sp³-hybridized carbons (Fsp3) is 0.533. The number of ether oxygens (including phenoxy) is 1. The Morgan fingerprint density at radius 3 is 2.89 bits per heavy atom. The van der Waals surface area contributed by atoms with Crippen molar-refractivity contribution in [2.45, 2.75) is 12.3 Å². The van der Waals surface area contributed by atoms with Crippen LogP contribution >= 0.6 is 0 Å². The smallest absolute Gasteiger partial charge is 0.226 e. The lowest BCUT2D eigenvalue weighted by Gasteiger charge is -2.27. The van der Waals surface area contributed by atoms with Crippen molar-refractivity contribution in [1.29, 1.82) is 0 Å². The summed E-state index contributed by atoms with van der Waals surface area (Å²) in [4.78, 5) is 14.4. The first-order chi connectivity index (χ1) is 9.29. The summed E-state index contributed by atoms with van der Waals surface area (Å²) in [5.74, 6) is 1.77. The van der Waals surface area contributed by atoms with Crippen molar-refractivity contribution >= 4 is 5.91 Å². The molecule has 3 rings (SSSR count). The number of carbonyl (C=O) groups is 1. The molecule has 2 atom stereocenters. The molecular weight excluding hydrogens is 240 g/mol. The molecule has 1 heterocycles. The number of benzene rings is 1. The number of methoxy groups -OCH3 is 1. The van der Waals surface area contributed by atoms with E-state index < -0.39 is 0 Å². The molecule has 2 aliphatic rings. The Morgan fingerprint density at radius 1 is 1.37 bits per heavy atom. The van der Waals surface area contributed by atoms with E-state index in [4.69, 9.17) is 4.74 Å². The molecular formula is C15H20N2O2. The maximum Gasteiger partial charge on any atom is 0.226 e. The predicted molar refractivity (Wildman–Crippen MR) is 73.3 cm³/mol. The van der Waals surface area contributed by atoms with Crippen LogP contribution in [0, 0.1) is 5.92 Å². The highest BCUT2D eigenvalue weighted by Crippen LogP contribution is 2.49. The first-order valence-electron chi connectivity index (χ1n) is 6.93. The molecule has 2 fully saturated rings. The molecule has 0 spiro atoms. The quantitative estimate of drug-likeness (QED) is 0.889. The van der Waals surface area contributed by atoms with Crippen LogP contribution in [-0.4, -0.2) is 44.1 Å². The number of rotatable bonds is 3. The second-order valence-electron chi connectivity index (χ2n) is 5.30. The van der Waals surface area contributed by atoms with E-state index in [-0.39, 0.29) is 5.92 Å². The van der Waals surface area contributed by atoms with Crippen molar-refractivity contribution < 1.29 is 9.53 Å². The first kappa shape index (κ1) is 12.5. The highest BCUT2D eigenvalue weighted by atomic mass is 16.5. The van der Waals surface area contributed by atoms with E-state index in [0.717, 1.165) is 38.3 Å². The van der Waals surface area contributed by atoms with Crippen molar-refractivity contribution in [1.82, 2.24) is 10.2 Å². The van der Waals surface area contributed by atoms with E-state index in [0.29, 0.717) is 11.8 Å². The Balaban J connectivity index is 1.64. The monoisotopic (exact) mass is 260 g/mol. The van der Waals surface area contributed by atoms with E-state index in [1.54, 1.807) is 7.11 Å². The van der Waals surface area contributed by atoms with Crippen molar-refractivity contribution in [3.8, 4) is 5.75 Å². The molecule has 1 aromatic carbocycles. The summed E-state index contributed by atoms with van der Waals surface area (Å²) >= 11 is 0. The van der Waals surface area contributed by atoms with E-state index in [1.165, 1.54) is 5.56 Å². The van der Waals surface area contributed by atoms with Crippen molar-refractivity contribution in [2.24, 2.45) is 5.92 Å². The van der Waals surface area contributed by atoms with Gasteiger partial charge in [-0.25, -0.2) is 0 Å². The van der Waals surface area contributed by atoms with E-state index in [1.807, 2.05) is 17.0 Å². The van der Waals surface area contributed by atoms with E-state index in [2.05, 4.69) is 17.4 Å². The van der Waals surface area contributed by atoms with Crippen LogP contribution in [0.15, 0.2) is 24.3 Å². The van der Waals surface area contributed by atoms with Crippen molar-refractivity contribution in [3.05, 3.63) is 29.8 Å². The van der Waals surface area contributed by atoms with Gasteiger partial charge < -0.3 is 15.0 Å². The van der Waals surface area contributed by atoms with E-state index in [9.17, 15) is 4.79 Å². The zero-order valence-electron chi connectivity index (χ0n) is 11.3. The topological polar surface area (TPSA) is 41.6 Å². The van der Waals surface area contributed by atoms with Crippen molar-refractivity contribution in [3.63, 3.8) is 0 Å². The average Bonchev–Trinajstić information content (AvgIpc) is 3.28. The van der Waals surface area contributed by atoms with Gasteiger partial charge in [-0.05, 0) is 30.0 Å². The van der Waals surface area contributed by atoms with Crippen LogP contribution < -0.4 is 10.1 Å². The summed E-state index contributed by atoms with van der Waals surface area (Å²) in [6, 6.07) is 8.09. The molecule has 1 saturated carbocycles. The first-order valence-corrected chi connectivity index (χ1v) is 6.93. The Bertz CT molecular complexity index is 469. The molecule has 1 amide bonds. The van der Waals surface area contributed by atoms with Gasteiger partial charge in [0.1, 0.15) is 5.75 Å². The molecule has 1 aliphatic carbocycles. The molecule has 0 aromatic heterocycles. The van der Waals surface area contributed by atoms with Gasteiger partial charge in [0.2, 0.25) is 5.91 Å². The Hall–Kier alpha value is -1.55. The van der Waals surface area contributed by atoms with Crippen LogP contribution in [0.25, 0.3) is 0 Å². The van der Waals surface area contributed by atoms with Crippen molar-refractivity contribution in [2.75, 3.05) is 33.3 Å². The molecule has 1 saturated heterocycles. The number of nitrogens with one attached hydrogen (secondary N) is 1. The van der Waals surface area contributed by atoms with Gasteiger partial charge in [0.05, 0.1) is 7.11 Å². The fourth-order valence-corrected chi connectivity index (χ4v) is 2.83. The Morgan fingerprint density at radius 2 is 2.16 bits per heavy atom. The number of carbonyl (C=O) groups excluding carboxylic acids is 1. The van der Waals surface area contributed by atoms with Crippen LogP contribution in [0.5, 0.6) is 5.75 Å². The van der Waals surface area contributed by atoms with Gasteiger partial charge in [-0.15, -0.1) is 0 Å². The fourth-order valence-electron chi connectivity index (χ4n) is 2.83.